The lowest BCUT2D eigenvalue weighted by Crippen LogP contribution is -2.30. The van der Waals surface area contributed by atoms with Crippen LogP contribution in [-0.4, -0.2) is 26.0 Å². The summed E-state index contributed by atoms with van der Waals surface area (Å²) in [6.07, 6.45) is 3.63. The molecule has 3 aromatic heterocycles. The Balaban J connectivity index is 1.73. The first kappa shape index (κ1) is 21.6. The van der Waals surface area contributed by atoms with Crippen LogP contribution in [0.3, 0.4) is 0 Å². The third-order valence-corrected chi connectivity index (χ3v) is 6.04. The predicted molar refractivity (Wildman–Crippen MR) is 130 cm³/mol. The molecule has 1 aliphatic rings. The number of rotatable bonds is 4. The van der Waals surface area contributed by atoms with Gasteiger partial charge < -0.3 is 20.8 Å². The second kappa shape index (κ2) is 8.30. The van der Waals surface area contributed by atoms with Crippen LogP contribution in [0.4, 0.5) is 16.3 Å². The fourth-order valence-electron chi connectivity index (χ4n) is 4.65. The zero-order chi connectivity index (χ0) is 23.9. The quantitative estimate of drug-likeness (QED) is 0.327. The number of hydrogen-bond acceptors (Lipinski definition) is 6. The Morgan fingerprint density at radius 1 is 1.03 bits per heavy atom. The topological polar surface area (TPSA) is 119 Å². The Labute approximate surface area is 197 Å². The summed E-state index contributed by atoms with van der Waals surface area (Å²) in [5.74, 6) is 0.989. The van der Waals surface area contributed by atoms with Crippen LogP contribution in [0, 0.1) is 5.41 Å². The number of H-pyrrole nitrogens is 1. The number of hydrogen-bond donors (Lipinski definition) is 3. The van der Waals surface area contributed by atoms with Gasteiger partial charge in [-0.3, -0.25) is 4.98 Å². The molecule has 0 fully saturated rings. The maximum atomic E-state index is 12.1. The summed E-state index contributed by atoms with van der Waals surface area (Å²) < 4.78 is 5.77. The van der Waals surface area contributed by atoms with Crippen molar-refractivity contribution < 1.29 is 9.53 Å². The molecule has 0 spiro atoms. The number of primary amides is 1. The summed E-state index contributed by atoms with van der Waals surface area (Å²) in [6.45, 7) is 6.33. The molecule has 1 amide bonds. The van der Waals surface area contributed by atoms with Crippen molar-refractivity contribution in [3.63, 3.8) is 0 Å². The van der Waals surface area contributed by atoms with Gasteiger partial charge in [-0.05, 0) is 29.2 Å². The minimum absolute atomic E-state index is 0.209. The number of pyridine rings is 2. The Hall–Kier alpha value is -4.20. The first-order valence-electron chi connectivity index (χ1n) is 11.1. The second-order valence-corrected chi connectivity index (χ2v) is 9.40. The van der Waals surface area contributed by atoms with Gasteiger partial charge in [0, 0.05) is 29.4 Å². The van der Waals surface area contributed by atoms with Gasteiger partial charge in [0.05, 0.1) is 17.6 Å². The van der Waals surface area contributed by atoms with Crippen LogP contribution in [0.25, 0.3) is 22.5 Å². The lowest BCUT2D eigenvalue weighted by molar-refractivity contribution is 0.0530. The summed E-state index contributed by atoms with van der Waals surface area (Å²) in [5, 5.41) is 3.35. The number of benzene rings is 1. The molecule has 0 bridgehead atoms. The van der Waals surface area contributed by atoms with E-state index in [4.69, 9.17) is 15.5 Å². The molecule has 1 aliphatic heterocycles. The molecule has 34 heavy (non-hydrogen) atoms. The van der Waals surface area contributed by atoms with Gasteiger partial charge in [0.15, 0.2) is 6.10 Å². The van der Waals surface area contributed by atoms with Gasteiger partial charge in [-0.15, -0.1) is 0 Å². The summed E-state index contributed by atoms with van der Waals surface area (Å²) in [4.78, 5) is 29.3. The van der Waals surface area contributed by atoms with Crippen LogP contribution < -0.4 is 11.1 Å². The lowest BCUT2D eigenvalue weighted by atomic mass is 9.73. The molecule has 2 atom stereocenters. The minimum Gasteiger partial charge on any atom is -0.438 e. The third kappa shape index (κ3) is 3.87. The van der Waals surface area contributed by atoms with Crippen molar-refractivity contribution in [2.75, 3.05) is 5.32 Å². The molecule has 0 saturated carbocycles. The van der Waals surface area contributed by atoms with E-state index in [9.17, 15) is 4.79 Å². The average molecular weight is 455 g/mol. The van der Waals surface area contributed by atoms with Crippen LogP contribution in [0.5, 0.6) is 0 Å². The van der Waals surface area contributed by atoms with E-state index in [-0.39, 0.29) is 11.3 Å². The van der Waals surface area contributed by atoms with E-state index in [0.29, 0.717) is 17.3 Å². The van der Waals surface area contributed by atoms with E-state index in [1.807, 2.05) is 48.5 Å². The summed E-state index contributed by atoms with van der Waals surface area (Å²) in [6, 6.07) is 15.7. The zero-order valence-corrected chi connectivity index (χ0v) is 19.2. The molecule has 8 heteroatoms. The lowest BCUT2D eigenvalue weighted by Gasteiger charge is -2.35. The number of ether oxygens (including phenoxy) is 1. The van der Waals surface area contributed by atoms with Gasteiger partial charge in [0.25, 0.3) is 0 Å². The van der Waals surface area contributed by atoms with Crippen LogP contribution in [0.15, 0.2) is 67.1 Å². The summed E-state index contributed by atoms with van der Waals surface area (Å²) in [5.41, 5.74) is 10.4. The van der Waals surface area contributed by atoms with Crippen molar-refractivity contribution >= 4 is 17.6 Å². The average Bonchev–Trinajstić information content (AvgIpc) is 3.19. The standard InChI is InChI=1S/C26H26N6O2/c1-26(2,3)19(15-8-5-4-6-9-15)22(34-25(27)33)24-31-20-16-11-13-28-14-18(16)30-23-17(21(20)32-24)10-7-12-29-23/h4-14,19,22H,1-3H3,(H2,27,33)(H,29,30)(H,31,32). The number of carbonyl (C=O) groups excluding carboxylic acids is 1. The summed E-state index contributed by atoms with van der Waals surface area (Å²) >= 11 is 0. The van der Waals surface area contributed by atoms with Crippen LogP contribution in [-0.2, 0) is 4.74 Å². The minimum atomic E-state index is -0.852. The third-order valence-electron chi connectivity index (χ3n) is 6.04. The molecular formula is C26H26N6O2. The monoisotopic (exact) mass is 454 g/mol. The SMILES string of the molecule is CC(C)(C)C(c1ccccc1)C(OC(N)=O)c1nc2c([nH]1)-c1ccncc1Nc1ncccc1-2. The van der Waals surface area contributed by atoms with Gasteiger partial charge in [-0.1, -0.05) is 51.1 Å². The van der Waals surface area contributed by atoms with Crippen molar-refractivity contribution in [3.05, 3.63) is 78.5 Å². The smallest absolute Gasteiger partial charge is 0.405 e. The number of amides is 1. The fraction of sp³-hybridized carbons (Fsp3) is 0.231. The first-order chi connectivity index (χ1) is 16.3. The maximum absolute atomic E-state index is 12.1. The number of nitrogens with one attached hydrogen (secondary N) is 2. The molecule has 2 unspecified atom stereocenters. The number of anilines is 2. The molecule has 8 nitrogen and oxygen atoms in total. The second-order valence-electron chi connectivity index (χ2n) is 9.40. The number of aromatic nitrogens is 4. The van der Waals surface area contributed by atoms with E-state index >= 15 is 0 Å². The number of fused-ring (bicyclic) bond motifs is 5. The number of aromatic amines is 1. The molecule has 4 heterocycles. The van der Waals surface area contributed by atoms with Gasteiger partial charge in [-0.25, -0.2) is 14.8 Å². The number of nitrogens with zero attached hydrogens (tertiary/aromatic N) is 3. The molecule has 4 N–H and O–H groups in total. The van der Waals surface area contributed by atoms with Crippen LogP contribution in [0.2, 0.25) is 0 Å². The highest BCUT2D eigenvalue weighted by Crippen LogP contribution is 2.48. The molecular weight excluding hydrogens is 428 g/mol. The number of carbonyl (C=O) groups is 1. The molecule has 1 aromatic carbocycles. The molecule has 4 aromatic rings. The van der Waals surface area contributed by atoms with E-state index in [1.165, 1.54) is 0 Å². The Morgan fingerprint density at radius 2 is 1.82 bits per heavy atom. The van der Waals surface area contributed by atoms with Crippen molar-refractivity contribution in [2.24, 2.45) is 11.1 Å². The van der Waals surface area contributed by atoms with Gasteiger partial charge in [0.2, 0.25) is 0 Å². The Morgan fingerprint density at radius 3 is 2.56 bits per heavy atom. The number of nitrogens with two attached hydrogens (primary N) is 1. The zero-order valence-electron chi connectivity index (χ0n) is 19.2. The van der Waals surface area contributed by atoms with Gasteiger partial charge in [0.1, 0.15) is 17.3 Å². The Bertz CT molecular complexity index is 1280. The summed E-state index contributed by atoms with van der Waals surface area (Å²) in [7, 11) is 0. The molecule has 5 rings (SSSR count). The van der Waals surface area contributed by atoms with E-state index in [2.05, 4.69) is 41.0 Å². The van der Waals surface area contributed by atoms with Gasteiger partial charge >= 0.3 is 6.09 Å². The molecule has 0 aliphatic carbocycles. The van der Waals surface area contributed by atoms with Crippen molar-refractivity contribution in [1.29, 1.82) is 0 Å². The molecule has 172 valence electrons. The van der Waals surface area contributed by atoms with Crippen molar-refractivity contribution in [2.45, 2.75) is 32.8 Å². The highest BCUT2D eigenvalue weighted by Gasteiger charge is 2.39. The Kier molecular flexibility index (Phi) is 5.28. The largest absolute Gasteiger partial charge is 0.438 e. The highest BCUT2D eigenvalue weighted by molar-refractivity contribution is 5.94. The predicted octanol–water partition coefficient (Wildman–Crippen LogP) is 5.56. The fourth-order valence-corrected chi connectivity index (χ4v) is 4.65. The van der Waals surface area contributed by atoms with Gasteiger partial charge in [-0.2, -0.15) is 0 Å². The van der Waals surface area contributed by atoms with E-state index in [1.54, 1.807) is 18.6 Å². The highest BCUT2D eigenvalue weighted by atomic mass is 16.6. The van der Waals surface area contributed by atoms with E-state index in [0.717, 1.165) is 28.1 Å². The normalized spacial score (nSPS) is 14.0. The first-order valence-corrected chi connectivity index (χ1v) is 11.1. The van der Waals surface area contributed by atoms with Crippen molar-refractivity contribution in [1.82, 2.24) is 19.9 Å². The molecule has 0 saturated heterocycles. The van der Waals surface area contributed by atoms with Crippen LogP contribution in [0.1, 0.15) is 44.2 Å². The van der Waals surface area contributed by atoms with Crippen molar-refractivity contribution in [3.8, 4) is 22.5 Å². The maximum Gasteiger partial charge on any atom is 0.405 e. The molecule has 0 radical (unpaired) electrons. The van der Waals surface area contributed by atoms with E-state index < -0.39 is 12.2 Å². The van der Waals surface area contributed by atoms with Crippen LogP contribution >= 0.6 is 0 Å². The number of imidazole rings is 1.